The van der Waals surface area contributed by atoms with Crippen LogP contribution in [0, 0.1) is 0 Å². The minimum Gasteiger partial charge on any atom is -0.291 e. The zero-order valence-corrected chi connectivity index (χ0v) is 10.7. The van der Waals surface area contributed by atoms with Crippen LogP contribution in [-0.2, 0) is 6.18 Å². The minimum atomic E-state index is -4.51. The Labute approximate surface area is 113 Å². The highest BCUT2D eigenvalue weighted by molar-refractivity contribution is 9.10. The van der Waals surface area contributed by atoms with Crippen LogP contribution in [0.4, 0.5) is 19.1 Å². The van der Waals surface area contributed by atoms with E-state index in [9.17, 15) is 18.0 Å². The SMILES string of the molecule is O=C(Nc1ncn[nH]1)c1cc(C(F)(F)F)ccc1Br. The maximum atomic E-state index is 12.6. The summed E-state index contributed by atoms with van der Waals surface area (Å²) in [4.78, 5) is 15.5. The molecule has 0 aliphatic heterocycles. The van der Waals surface area contributed by atoms with Crippen molar-refractivity contribution in [3.8, 4) is 0 Å². The van der Waals surface area contributed by atoms with Crippen molar-refractivity contribution in [2.24, 2.45) is 0 Å². The van der Waals surface area contributed by atoms with Crippen LogP contribution in [0.1, 0.15) is 15.9 Å². The largest absolute Gasteiger partial charge is 0.416 e. The number of H-pyrrole nitrogens is 1. The standard InChI is InChI=1S/C10H6BrF3N4O/c11-7-2-1-5(10(12,13)14)3-6(7)8(19)17-9-15-4-16-18-9/h1-4H,(H2,15,16,17,18,19). The summed E-state index contributed by atoms with van der Waals surface area (Å²) in [6, 6.07) is 2.81. The van der Waals surface area contributed by atoms with Crippen molar-refractivity contribution in [1.82, 2.24) is 15.2 Å². The number of amides is 1. The molecule has 0 unspecified atom stereocenters. The van der Waals surface area contributed by atoms with Crippen molar-refractivity contribution in [3.63, 3.8) is 0 Å². The average Bonchev–Trinajstić information content (AvgIpc) is 2.80. The molecule has 0 bridgehead atoms. The summed E-state index contributed by atoms with van der Waals surface area (Å²) in [6.07, 6.45) is -3.35. The van der Waals surface area contributed by atoms with Gasteiger partial charge in [-0.15, -0.1) is 0 Å². The summed E-state index contributed by atoms with van der Waals surface area (Å²) >= 11 is 3.03. The van der Waals surface area contributed by atoms with E-state index in [2.05, 4.69) is 36.4 Å². The molecular weight excluding hydrogens is 329 g/mol. The van der Waals surface area contributed by atoms with Crippen molar-refractivity contribution in [1.29, 1.82) is 0 Å². The molecule has 9 heteroatoms. The van der Waals surface area contributed by atoms with E-state index in [0.29, 0.717) is 0 Å². The highest BCUT2D eigenvalue weighted by Crippen LogP contribution is 2.32. The summed E-state index contributed by atoms with van der Waals surface area (Å²) in [5.41, 5.74) is -1.05. The number of carbonyl (C=O) groups excluding carboxylic acids is 1. The first-order valence-electron chi connectivity index (χ1n) is 4.91. The van der Waals surface area contributed by atoms with E-state index in [1.54, 1.807) is 0 Å². The quantitative estimate of drug-likeness (QED) is 0.887. The fraction of sp³-hybridized carbons (Fsp3) is 0.100. The van der Waals surface area contributed by atoms with Crippen LogP contribution in [0.3, 0.4) is 0 Å². The third-order valence-corrected chi connectivity index (χ3v) is 2.88. The van der Waals surface area contributed by atoms with Gasteiger partial charge in [0.25, 0.3) is 5.91 Å². The van der Waals surface area contributed by atoms with E-state index in [4.69, 9.17) is 0 Å². The van der Waals surface area contributed by atoms with Gasteiger partial charge in [-0.1, -0.05) is 0 Å². The number of alkyl halides is 3. The van der Waals surface area contributed by atoms with Gasteiger partial charge in [0.1, 0.15) is 6.33 Å². The summed E-state index contributed by atoms with van der Waals surface area (Å²) < 4.78 is 37.9. The van der Waals surface area contributed by atoms with Crippen LogP contribution < -0.4 is 5.32 Å². The van der Waals surface area contributed by atoms with Gasteiger partial charge in [-0.2, -0.15) is 23.3 Å². The van der Waals surface area contributed by atoms with E-state index in [0.717, 1.165) is 24.5 Å². The van der Waals surface area contributed by atoms with Crippen LogP contribution in [-0.4, -0.2) is 21.1 Å². The molecule has 0 atom stereocenters. The number of nitrogens with zero attached hydrogens (tertiary/aromatic N) is 2. The van der Waals surface area contributed by atoms with Gasteiger partial charge < -0.3 is 0 Å². The summed E-state index contributed by atoms with van der Waals surface area (Å²) in [5, 5.41) is 8.17. The lowest BCUT2D eigenvalue weighted by Crippen LogP contribution is -2.15. The normalized spacial score (nSPS) is 11.4. The van der Waals surface area contributed by atoms with Gasteiger partial charge >= 0.3 is 6.18 Å². The molecule has 2 N–H and O–H groups in total. The molecule has 1 aromatic heterocycles. The van der Waals surface area contributed by atoms with Crippen LogP contribution in [0.15, 0.2) is 29.0 Å². The number of nitrogens with one attached hydrogen (secondary N) is 2. The van der Waals surface area contributed by atoms with Crippen molar-refractivity contribution in [3.05, 3.63) is 40.1 Å². The predicted octanol–water partition coefficient (Wildman–Crippen LogP) is 2.84. The minimum absolute atomic E-state index is 0.0503. The third-order valence-electron chi connectivity index (χ3n) is 2.19. The summed E-state index contributed by atoms with van der Waals surface area (Å²) in [7, 11) is 0. The monoisotopic (exact) mass is 334 g/mol. The molecule has 2 aromatic rings. The number of rotatable bonds is 2. The topological polar surface area (TPSA) is 70.7 Å². The molecule has 1 amide bonds. The van der Waals surface area contributed by atoms with Gasteiger partial charge in [-0.25, -0.2) is 5.10 Å². The first-order valence-corrected chi connectivity index (χ1v) is 5.70. The molecule has 0 saturated heterocycles. The lowest BCUT2D eigenvalue weighted by Gasteiger charge is -2.10. The van der Waals surface area contributed by atoms with Crippen LogP contribution in [0.25, 0.3) is 0 Å². The van der Waals surface area contributed by atoms with E-state index in [1.165, 1.54) is 0 Å². The molecular formula is C10H6BrF3N4O. The molecule has 0 saturated carbocycles. The maximum Gasteiger partial charge on any atom is 0.416 e. The van der Waals surface area contributed by atoms with E-state index < -0.39 is 17.6 Å². The number of aromatic amines is 1. The highest BCUT2D eigenvalue weighted by Gasteiger charge is 2.31. The number of anilines is 1. The van der Waals surface area contributed by atoms with Gasteiger partial charge in [0.15, 0.2) is 0 Å². The van der Waals surface area contributed by atoms with Crippen LogP contribution in [0.5, 0.6) is 0 Å². The van der Waals surface area contributed by atoms with E-state index in [1.807, 2.05) is 0 Å². The summed E-state index contributed by atoms with van der Waals surface area (Å²) in [6.45, 7) is 0. The van der Waals surface area contributed by atoms with Crippen molar-refractivity contribution in [2.45, 2.75) is 6.18 Å². The zero-order valence-electron chi connectivity index (χ0n) is 9.12. The Morgan fingerprint density at radius 1 is 1.37 bits per heavy atom. The van der Waals surface area contributed by atoms with Gasteiger partial charge in [-0.3, -0.25) is 10.1 Å². The van der Waals surface area contributed by atoms with Crippen LogP contribution >= 0.6 is 15.9 Å². The Morgan fingerprint density at radius 2 is 2.11 bits per heavy atom. The van der Waals surface area contributed by atoms with Crippen molar-refractivity contribution in [2.75, 3.05) is 5.32 Å². The molecule has 0 fully saturated rings. The Kier molecular flexibility index (Phi) is 3.56. The highest BCUT2D eigenvalue weighted by atomic mass is 79.9. The molecule has 19 heavy (non-hydrogen) atoms. The molecule has 2 rings (SSSR count). The fourth-order valence-electron chi connectivity index (χ4n) is 1.32. The number of benzene rings is 1. The second-order valence-corrected chi connectivity index (χ2v) is 4.33. The molecule has 0 aliphatic carbocycles. The van der Waals surface area contributed by atoms with Gasteiger partial charge in [-0.05, 0) is 34.1 Å². The van der Waals surface area contributed by atoms with Gasteiger partial charge in [0.2, 0.25) is 5.95 Å². The first-order chi connectivity index (χ1) is 8.88. The Bertz CT molecular complexity index is 597. The average molecular weight is 335 g/mol. The smallest absolute Gasteiger partial charge is 0.291 e. The Balaban J connectivity index is 2.31. The number of carbonyl (C=O) groups is 1. The van der Waals surface area contributed by atoms with E-state index >= 15 is 0 Å². The molecule has 0 spiro atoms. The Morgan fingerprint density at radius 3 is 2.68 bits per heavy atom. The number of aromatic nitrogens is 3. The van der Waals surface area contributed by atoms with Gasteiger partial charge in [0, 0.05) is 4.47 Å². The molecule has 0 aliphatic rings. The molecule has 1 aromatic carbocycles. The summed E-state index contributed by atoms with van der Waals surface area (Å²) in [5.74, 6) is -0.677. The van der Waals surface area contributed by atoms with Crippen molar-refractivity contribution >= 4 is 27.8 Å². The Hall–Kier alpha value is -1.90. The number of hydrogen-bond donors (Lipinski definition) is 2. The number of halogens is 4. The predicted molar refractivity (Wildman–Crippen MR) is 63.5 cm³/mol. The molecule has 0 radical (unpaired) electrons. The van der Waals surface area contributed by atoms with Gasteiger partial charge in [0.05, 0.1) is 11.1 Å². The lowest BCUT2D eigenvalue weighted by atomic mass is 10.1. The third kappa shape index (κ3) is 3.11. The second-order valence-electron chi connectivity index (χ2n) is 3.48. The molecule has 1 heterocycles. The maximum absolute atomic E-state index is 12.6. The number of hydrogen-bond acceptors (Lipinski definition) is 3. The molecule has 5 nitrogen and oxygen atoms in total. The fourth-order valence-corrected chi connectivity index (χ4v) is 1.74. The second kappa shape index (κ2) is 5.00. The van der Waals surface area contributed by atoms with Crippen LogP contribution in [0.2, 0.25) is 0 Å². The van der Waals surface area contributed by atoms with Crippen molar-refractivity contribution < 1.29 is 18.0 Å². The zero-order chi connectivity index (χ0) is 14.0. The molecule has 100 valence electrons. The first kappa shape index (κ1) is 13.5. The van der Waals surface area contributed by atoms with E-state index in [-0.39, 0.29) is 16.0 Å². The lowest BCUT2D eigenvalue weighted by molar-refractivity contribution is -0.137.